The monoisotopic (exact) mass is 343 g/mol. The van der Waals surface area contributed by atoms with Crippen LogP contribution in [0.2, 0.25) is 0 Å². The number of carbonyl (C=O) groups excluding carboxylic acids is 1. The van der Waals surface area contributed by atoms with E-state index in [2.05, 4.69) is 21.2 Å². The fourth-order valence-electron chi connectivity index (χ4n) is 1.63. The third-order valence-corrected chi connectivity index (χ3v) is 3.49. The van der Waals surface area contributed by atoms with Crippen molar-refractivity contribution in [2.45, 2.75) is 6.92 Å². The second kappa shape index (κ2) is 7.57. The number of likely N-dealkylation sites (N-methyl/N-ethyl adjacent to an activating group) is 1. The molecule has 0 heterocycles. The SMILES string of the molecule is CC(CN(C)CC(=O)Nc1cccc(Br)c1)C(N)=S. The first-order valence-corrected chi connectivity index (χ1v) is 7.12. The van der Waals surface area contributed by atoms with Gasteiger partial charge in [-0.1, -0.05) is 41.1 Å². The van der Waals surface area contributed by atoms with E-state index in [9.17, 15) is 4.79 Å². The topological polar surface area (TPSA) is 58.4 Å². The van der Waals surface area contributed by atoms with Crippen LogP contribution in [0, 0.1) is 5.92 Å². The number of benzene rings is 1. The Morgan fingerprint density at radius 3 is 2.84 bits per heavy atom. The highest BCUT2D eigenvalue weighted by Gasteiger charge is 2.12. The summed E-state index contributed by atoms with van der Waals surface area (Å²) in [5.74, 6) is 0.0365. The van der Waals surface area contributed by atoms with E-state index in [0.717, 1.165) is 10.2 Å². The molecule has 0 aromatic heterocycles. The number of anilines is 1. The van der Waals surface area contributed by atoms with E-state index in [0.29, 0.717) is 18.1 Å². The first kappa shape index (κ1) is 16.1. The maximum atomic E-state index is 11.9. The summed E-state index contributed by atoms with van der Waals surface area (Å²) in [6, 6.07) is 7.49. The normalized spacial score (nSPS) is 12.2. The number of nitrogens with two attached hydrogens (primary N) is 1. The zero-order chi connectivity index (χ0) is 14.4. The molecular weight excluding hydrogens is 326 g/mol. The van der Waals surface area contributed by atoms with Crippen LogP contribution in [0.3, 0.4) is 0 Å². The molecule has 1 amide bonds. The molecule has 1 aromatic rings. The largest absolute Gasteiger partial charge is 0.393 e. The molecule has 0 fully saturated rings. The minimum atomic E-state index is -0.0595. The predicted octanol–water partition coefficient (Wildman–Crippen LogP) is 2.24. The molecule has 0 aliphatic heterocycles. The number of nitrogens with one attached hydrogen (secondary N) is 1. The van der Waals surface area contributed by atoms with Crippen LogP contribution in [-0.4, -0.2) is 35.9 Å². The van der Waals surface area contributed by atoms with E-state index in [1.807, 2.05) is 43.1 Å². The Morgan fingerprint density at radius 1 is 1.58 bits per heavy atom. The van der Waals surface area contributed by atoms with Gasteiger partial charge in [0, 0.05) is 22.6 Å². The van der Waals surface area contributed by atoms with Gasteiger partial charge in [-0.25, -0.2) is 0 Å². The van der Waals surface area contributed by atoms with Gasteiger partial charge in [0.05, 0.1) is 11.5 Å². The van der Waals surface area contributed by atoms with Crippen molar-refractivity contribution in [2.24, 2.45) is 11.7 Å². The van der Waals surface area contributed by atoms with Crippen LogP contribution >= 0.6 is 28.1 Å². The zero-order valence-electron chi connectivity index (χ0n) is 11.0. The van der Waals surface area contributed by atoms with Crippen LogP contribution in [-0.2, 0) is 4.79 Å². The lowest BCUT2D eigenvalue weighted by molar-refractivity contribution is -0.117. The highest BCUT2D eigenvalue weighted by Crippen LogP contribution is 2.15. The first-order valence-electron chi connectivity index (χ1n) is 5.91. The lowest BCUT2D eigenvalue weighted by Crippen LogP contribution is -2.36. The molecule has 1 unspecified atom stereocenters. The van der Waals surface area contributed by atoms with Crippen molar-refractivity contribution in [1.29, 1.82) is 0 Å². The second-order valence-electron chi connectivity index (χ2n) is 4.56. The molecule has 4 nitrogen and oxygen atoms in total. The van der Waals surface area contributed by atoms with Crippen LogP contribution in [0.5, 0.6) is 0 Å². The molecule has 0 radical (unpaired) electrons. The van der Waals surface area contributed by atoms with Crippen LogP contribution in [0.4, 0.5) is 5.69 Å². The number of nitrogens with zero attached hydrogens (tertiary/aromatic N) is 1. The number of amides is 1. The Hall–Kier alpha value is -0.980. The van der Waals surface area contributed by atoms with Gasteiger partial charge in [-0.15, -0.1) is 0 Å². The summed E-state index contributed by atoms with van der Waals surface area (Å²) in [4.78, 5) is 14.2. The molecule has 0 aliphatic rings. The molecule has 6 heteroatoms. The molecule has 0 saturated carbocycles. The van der Waals surface area contributed by atoms with Gasteiger partial charge in [-0.05, 0) is 25.2 Å². The van der Waals surface area contributed by atoms with E-state index in [-0.39, 0.29) is 11.8 Å². The van der Waals surface area contributed by atoms with E-state index in [1.165, 1.54) is 0 Å². The number of thiocarbonyl (C=S) groups is 1. The van der Waals surface area contributed by atoms with Gasteiger partial charge < -0.3 is 11.1 Å². The molecular formula is C13H18BrN3OS. The van der Waals surface area contributed by atoms with Crippen LogP contribution in [0.15, 0.2) is 28.7 Å². The van der Waals surface area contributed by atoms with Gasteiger partial charge in [0.25, 0.3) is 0 Å². The zero-order valence-corrected chi connectivity index (χ0v) is 13.4. The fraction of sp³-hybridized carbons (Fsp3) is 0.385. The molecule has 0 bridgehead atoms. The first-order chi connectivity index (χ1) is 8.88. The quantitative estimate of drug-likeness (QED) is 0.777. The average Bonchev–Trinajstić information content (AvgIpc) is 2.27. The predicted molar refractivity (Wildman–Crippen MR) is 86.2 cm³/mol. The minimum Gasteiger partial charge on any atom is -0.393 e. The molecule has 1 atom stereocenters. The maximum absolute atomic E-state index is 11.9. The van der Waals surface area contributed by atoms with Gasteiger partial charge in [0.2, 0.25) is 5.91 Å². The smallest absolute Gasteiger partial charge is 0.238 e. The van der Waals surface area contributed by atoms with Crippen LogP contribution in [0.25, 0.3) is 0 Å². The van der Waals surface area contributed by atoms with E-state index < -0.39 is 0 Å². The minimum absolute atomic E-state index is 0.0595. The summed E-state index contributed by atoms with van der Waals surface area (Å²) in [5.41, 5.74) is 6.33. The molecule has 104 valence electrons. The number of hydrogen-bond donors (Lipinski definition) is 2. The maximum Gasteiger partial charge on any atom is 0.238 e. The van der Waals surface area contributed by atoms with E-state index in [4.69, 9.17) is 18.0 Å². The van der Waals surface area contributed by atoms with Crippen molar-refractivity contribution in [3.05, 3.63) is 28.7 Å². The summed E-state index contributed by atoms with van der Waals surface area (Å²) in [5, 5.41) is 2.84. The van der Waals surface area contributed by atoms with Gasteiger partial charge in [-0.3, -0.25) is 9.69 Å². The summed E-state index contributed by atoms with van der Waals surface area (Å²) < 4.78 is 0.931. The van der Waals surface area contributed by atoms with Gasteiger partial charge in [0.1, 0.15) is 0 Å². The number of rotatable bonds is 6. The van der Waals surface area contributed by atoms with Crippen molar-refractivity contribution < 1.29 is 4.79 Å². The standard InChI is InChI=1S/C13H18BrN3OS/c1-9(13(15)19)7-17(2)8-12(18)16-11-5-3-4-10(14)6-11/h3-6,9H,7-8H2,1-2H3,(H2,15,19)(H,16,18). The fourth-order valence-corrected chi connectivity index (χ4v) is 2.11. The molecule has 0 saturated heterocycles. The lowest BCUT2D eigenvalue weighted by atomic mass is 10.2. The number of carbonyl (C=O) groups is 1. The van der Waals surface area contributed by atoms with Gasteiger partial charge in [0.15, 0.2) is 0 Å². The Morgan fingerprint density at radius 2 is 2.26 bits per heavy atom. The summed E-state index contributed by atoms with van der Waals surface area (Å²) in [7, 11) is 1.87. The van der Waals surface area contributed by atoms with E-state index in [1.54, 1.807) is 0 Å². The van der Waals surface area contributed by atoms with Crippen LogP contribution in [0.1, 0.15) is 6.92 Å². The van der Waals surface area contributed by atoms with Gasteiger partial charge >= 0.3 is 0 Å². The highest BCUT2D eigenvalue weighted by molar-refractivity contribution is 9.10. The van der Waals surface area contributed by atoms with E-state index >= 15 is 0 Å². The van der Waals surface area contributed by atoms with Crippen molar-refractivity contribution in [1.82, 2.24) is 4.90 Å². The second-order valence-corrected chi connectivity index (χ2v) is 5.95. The van der Waals surface area contributed by atoms with Crippen molar-refractivity contribution in [3.63, 3.8) is 0 Å². The molecule has 3 N–H and O–H groups in total. The molecule has 19 heavy (non-hydrogen) atoms. The molecule has 1 aromatic carbocycles. The Kier molecular flexibility index (Phi) is 6.41. The van der Waals surface area contributed by atoms with Crippen molar-refractivity contribution in [3.8, 4) is 0 Å². The average molecular weight is 344 g/mol. The van der Waals surface area contributed by atoms with Gasteiger partial charge in [-0.2, -0.15) is 0 Å². The molecule has 0 aliphatic carbocycles. The number of halogens is 1. The Labute approximate surface area is 127 Å². The lowest BCUT2D eigenvalue weighted by Gasteiger charge is -2.20. The summed E-state index contributed by atoms with van der Waals surface area (Å²) in [6.07, 6.45) is 0. The third kappa shape index (κ3) is 6.13. The summed E-state index contributed by atoms with van der Waals surface area (Å²) >= 11 is 8.28. The van der Waals surface area contributed by atoms with Crippen molar-refractivity contribution in [2.75, 3.05) is 25.5 Å². The van der Waals surface area contributed by atoms with Crippen molar-refractivity contribution >= 4 is 44.7 Å². The highest BCUT2D eigenvalue weighted by atomic mass is 79.9. The van der Waals surface area contributed by atoms with Crippen LogP contribution < -0.4 is 11.1 Å². The molecule has 1 rings (SSSR count). The Bertz CT molecular complexity index is 467. The number of hydrogen-bond acceptors (Lipinski definition) is 3. The molecule has 0 spiro atoms. The summed E-state index contributed by atoms with van der Waals surface area (Å²) in [6.45, 7) is 2.92. The third-order valence-electron chi connectivity index (χ3n) is 2.59. The Balaban J connectivity index is 2.45.